The molecule has 0 fully saturated rings. The lowest BCUT2D eigenvalue weighted by atomic mass is 9.89. The summed E-state index contributed by atoms with van der Waals surface area (Å²) in [6.07, 6.45) is 0.692. The van der Waals surface area contributed by atoms with Gasteiger partial charge in [-0.15, -0.1) is 0 Å². The molecule has 1 aliphatic heterocycles. The number of hydrogen-bond donors (Lipinski definition) is 0. The number of rotatable bonds is 0. The van der Waals surface area contributed by atoms with Gasteiger partial charge in [0.05, 0.1) is 4.90 Å². The Labute approximate surface area is 85.2 Å². The van der Waals surface area contributed by atoms with Crippen molar-refractivity contribution in [3.63, 3.8) is 0 Å². The molecule has 0 N–H and O–H groups in total. The summed E-state index contributed by atoms with van der Waals surface area (Å²) in [5.41, 5.74) is 1.32. The fourth-order valence-corrected chi connectivity index (χ4v) is 3.10. The molecule has 0 aromatic heterocycles. The van der Waals surface area contributed by atoms with Crippen LogP contribution in [-0.2, 0) is 16.4 Å². The van der Waals surface area contributed by atoms with Crippen molar-refractivity contribution in [2.24, 2.45) is 0 Å². The molecule has 0 spiro atoms. The molecule has 3 nitrogen and oxygen atoms in total. The van der Waals surface area contributed by atoms with Crippen LogP contribution in [-0.4, -0.2) is 34.2 Å². The highest BCUT2D eigenvalue weighted by molar-refractivity contribution is 7.89. The van der Waals surface area contributed by atoms with E-state index in [-0.39, 0.29) is 0 Å². The van der Waals surface area contributed by atoms with E-state index in [4.69, 9.17) is 7.85 Å². The predicted octanol–water partition coefficient (Wildman–Crippen LogP) is -0.343. The lowest BCUT2D eigenvalue weighted by molar-refractivity contribution is 0.458. The minimum Gasteiger partial charge on any atom is -0.207 e. The quantitative estimate of drug-likeness (QED) is 0.545. The lowest BCUT2D eigenvalue weighted by Gasteiger charge is -2.25. The van der Waals surface area contributed by atoms with Gasteiger partial charge in [-0.2, -0.15) is 0 Å². The van der Waals surface area contributed by atoms with Crippen molar-refractivity contribution in [1.29, 1.82) is 0 Å². The molecule has 14 heavy (non-hydrogen) atoms. The van der Waals surface area contributed by atoms with Crippen LogP contribution in [0.5, 0.6) is 0 Å². The summed E-state index contributed by atoms with van der Waals surface area (Å²) in [6.45, 7) is 0.504. The molecular formula is C9H10BNO2S. The number of benzene rings is 1. The molecule has 1 aromatic rings. The maximum atomic E-state index is 11.8. The zero-order chi connectivity index (χ0) is 10.3. The van der Waals surface area contributed by atoms with Crippen LogP contribution in [0.15, 0.2) is 23.1 Å². The molecule has 5 heteroatoms. The zero-order valence-electron chi connectivity index (χ0n) is 7.90. The first-order valence-electron chi connectivity index (χ1n) is 4.37. The second kappa shape index (κ2) is 3.10. The lowest BCUT2D eigenvalue weighted by Crippen LogP contribution is -2.36. The average Bonchev–Trinajstić information content (AvgIpc) is 2.13. The van der Waals surface area contributed by atoms with E-state index in [1.54, 1.807) is 25.2 Å². The fourth-order valence-electron chi connectivity index (χ4n) is 1.65. The third-order valence-electron chi connectivity index (χ3n) is 2.53. The average molecular weight is 207 g/mol. The molecule has 1 aromatic carbocycles. The molecule has 0 saturated heterocycles. The molecule has 0 atom stereocenters. The Morgan fingerprint density at radius 2 is 2.14 bits per heavy atom. The van der Waals surface area contributed by atoms with Gasteiger partial charge in [0.15, 0.2) is 0 Å². The normalized spacial score (nSPS) is 20.4. The fraction of sp³-hybridized carbons (Fsp3) is 0.333. The van der Waals surface area contributed by atoms with Crippen LogP contribution in [0.1, 0.15) is 5.56 Å². The Hall–Kier alpha value is -0.805. The van der Waals surface area contributed by atoms with E-state index in [9.17, 15) is 8.42 Å². The molecule has 0 saturated carbocycles. The summed E-state index contributed by atoms with van der Waals surface area (Å²) in [6, 6.07) is 5.02. The summed E-state index contributed by atoms with van der Waals surface area (Å²) in [5, 5.41) is 0. The Morgan fingerprint density at radius 1 is 1.43 bits per heavy atom. The van der Waals surface area contributed by atoms with Gasteiger partial charge in [0.1, 0.15) is 7.85 Å². The Kier molecular flexibility index (Phi) is 2.16. The third kappa shape index (κ3) is 1.28. The van der Waals surface area contributed by atoms with Gasteiger partial charge in [0.2, 0.25) is 10.0 Å². The number of sulfonamides is 1. The molecular weight excluding hydrogens is 197 g/mol. The van der Waals surface area contributed by atoms with E-state index in [0.29, 0.717) is 23.3 Å². The first kappa shape index (κ1) is 9.74. The SMILES string of the molecule is [B]c1cccc2c1CCN(C)S2(=O)=O. The van der Waals surface area contributed by atoms with Gasteiger partial charge in [-0.3, -0.25) is 0 Å². The second-order valence-corrected chi connectivity index (χ2v) is 5.41. The first-order chi connectivity index (χ1) is 6.53. The summed E-state index contributed by atoms with van der Waals surface area (Å²) in [7, 11) is 4.02. The molecule has 0 aliphatic carbocycles. The van der Waals surface area contributed by atoms with E-state index in [0.717, 1.165) is 5.56 Å². The van der Waals surface area contributed by atoms with Crippen LogP contribution >= 0.6 is 0 Å². The molecule has 2 rings (SSSR count). The Bertz CT molecular complexity index is 470. The second-order valence-electron chi connectivity index (χ2n) is 3.40. The van der Waals surface area contributed by atoms with Crippen LogP contribution < -0.4 is 5.46 Å². The van der Waals surface area contributed by atoms with Crippen molar-refractivity contribution >= 4 is 23.3 Å². The molecule has 0 bridgehead atoms. The van der Waals surface area contributed by atoms with Crippen molar-refractivity contribution < 1.29 is 8.42 Å². The van der Waals surface area contributed by atoms with Crippen LogP contribution in [0.4, 0.5) is 0 Å². The summed E-state index contributed by atoms with van der Waals surface area (Å²) < 4.78 is 25.0. The first-order valence-corrected chi connectivity index (χ1v) is 5.81. The maximum Gasteiger partial charge on any atom is 0.243 e. The van der Waals surface area contributed by atoms with E-state index in [1.807, 2.05) is 0 Å². The van der Waals surface area contributed by atoms with Gasteiger partial charge < -0.3 is 0 Å². The smallest absolute Gasteiger partial charge is 0.207 e. The highest BCUT2D eigenvalue weighted by atomic mass is 32.2. The summed E-state index contributed by atoms with van der Waals surface area (Å²) in [4.78, 5) is 0.353. The van der Waals surface area contributed by atoms with E-state index < -0.39 is 10.0 Å². The minimum absolute atomic E-state index is 0.353. The highest BCUT2D eigenvalue weighted by Crippen LogP contribution is 2.22. The van der Waals surface area contributed by atoms with E-state index in [2.05, 4.69) is 0 Å². The minimum atomic E-state index is -3.29. The Balaban J connectivity index is 2.71. The van der Waals surface area contributed by atoms with E-state index >= 15 is 0 Å². The molecule has 1 heterocycles. The molecule has 2 radical (unpaired) electrons. The molecule has 1 aliphatic rings. The van der Waals surface area contributed by atoms with Crippen molar-refractivity contribution in [3.8, 4) is 0 Å². The molecule has 72 valence electrons. The monoisotopic (exact) mass is 207 g/mol. The van der Waals surface area contributed by atoms with Gasteiger partial charge in [-0.1, -0.05) is 17.6 Å². The van der Waals surface area contributed by atoms with Crippen molar-refractivity contribution in [1.82, 2.24) is 4.31 Å². The molecule has 0 amide bonds. The number of likely N-dealkylation sites (N-methyl/N-ethyl adjacent to an activating group) is 1. The van der Waals surface area contributed by atoms with Gasteiger partial charge >= 0.3 is 0 Å². The largest absolute Gasteiger partial charge is 0.243 e. The number of fused-ring (bicyclic) bond motifs is 1. The van der Waals surface area contributed by atoms with Gasteiger partial charge in [0, 0.05) is 13.6 Å². The standard InChI is InChI=1S/C9H10BNO2S/c1-11-6-5-7-8(10)3-2-4-9(7)14(11,12)13/h2-4H,5-6H2,1H3. The summed E-state index contributed by atoms with van der Waals surface area (Å²) in [5.74, 6) is 0. The van der Waals surface area contributed by atoms with Gasteiger partial charge in [0.25, 0.3) is 0 Å². The topological polar surface area (TPSA) is 37.4 Å². The van der Waals surface area contributed by atoms with Crippen LogP contribution in [0.2, 0.25) is 0 Å². The van der Waals surface area contributed by atoms with Crippen LogP contribution in [0.25, 0.3) is 0 Å². The summed E-state index contributed by atoms with van der Waals surface area (Å²) >= 11 is 0. The number of hydrogen-bond acceptors (Lipinski definition) is 2. The number of nitrogens with zero attached hydrogens (tertiary/aromatic N) is 1. The van der Waals surface area contributed by atoms with Crippen LogP contribution in [0.3, 0.4) is 0 Å². The van der Waals surface area contributed by atoms with Crippen molar-refractivity contribution in [3.05, 3.63) is 23.8 Å². The predicted molar refractivity (Wildman–Crippen MR) is 55.3 cm³/mol. The van der Waals surface area contributed by atoms with E-state index in [1.165, 1.54) is 4.31 Å². The van der Waals surface area contributed by atoms with Gasteiger partial charge in [-0.05, 0) is 18.1 Å². The van der Waals surface area contributed by atoms with Crippen molar-refractivity contribution in [2.75, 3.05) is 13.6 Å². The molecule has 0 unspecified atom stereocenters. The Morgan fingerprint density at radius 3 is 2.86 bits per heavy atom. The zero-order valence-corrected chi connectivity index (χ0v) is 8.71. The van der Waals surface area contributed by atoms with Crippen molar-refractivity contribution in [2.45, 2.75) is 11.3 Å². The maximum absolute atomic E-state index is 11.8. The third-order valence-corrected chi connectivity index (χ3v) is 4.48. The van der Waals surface area contributed by atoms with Crippen LogP contribution in [0, 0.1) is 0 Å². The highest BCUT2D eigenvalue weighted by Gasteiger charge is 2.28. The van der Waals surface area contributed by atoms with Gasteiger partial charge in [-0.25, -0.2) is 12.7 Å².